The largest absolute Gasteiger partial charge is 0.326 e. The molecule has 1 aromatic carbocycles. The highest BCUT2D eigenvalue weighted by atomic mass is 35.5. The molecular formula is C8H9ClFN. The van der Waals surface area contributed by atoms with E-state index in [2.05, 4.69) is 0 Å². The normalized spacial score (nSPS) is 10.2. The fourth-order valence-corrected chi connectivity index (χ4v) is 1.13. The van der Waals surface area contributed by atoms with Crippen molar-refractivity contribution in [3.05, 3.63) is 34.1 Å². The van der Waals surface area contributed by atoms with Gasteiger partial charge in [0.25, 0.3) is 0 Å². The third-order valence-corrected chi connectivity index (χ3v) is 2.11. The highest BCUT2D eigenvalue weighted by Crippen LogP contribution is 2.22. The Morgan fingerprint density at radius 3 is 2.64 bits per heavy atom. The molecule has 1 rings (SSSR count). The van der Waals surface area contributed by atoms with Gasteiger partial charge in [0.15, 0.2) is 0 Å². The molecule has 0 aliphatic carbocycles. The summed E-state index contributed by atoms with van der Waals surface area (Å²) in [6.07, 6.45) is 0. The van der Waals surface area contributed by atoms with Crippen molar-refractivity contribution in [2.24, 2.45) is 5.73 Å². The van der Waals surface area contributed by atoms with Crippen molar-refractivity contribution < 1.29 is 4.39 Å². The van der Waals surface area contributed by atoms with Crippen LogP contribution in [0.2, 0.25) is 5.02 Å². The van der Waals surface area contributed by atoms with Crippen LogP contribution in [0.15, 0.2) is 12.1 Å². The molecule has 60 valence electrons. The number of halogens is 2. The minimum Gasteiger partial charge on any atom is -0.326 e. The Morgan fingerprint density at radius 2 is 2.18 bits per heavy atom. The van der Waals surface area contributed by atoms with Crippen LogP contribution < -0.4 is 5.73 Å². The van der Waals surface area contributed by atoms with Gasteiger partial charge in [0.05, 0.1) is 5.02 Å². The molecule has 0 fully saturated rings. The Balaban J connectivity index is 3.29. The van der Waals surface area contributed by atoms with Gasteiger partial charge in [0.2, 0.25) is 0 Å². The Hall–Kier alpha value is -0.600. The van der Waals surface area contributed by atoms with E-state index in [0.717, 1.165) is 5.56 Å². The fraction of sp³-hybridized carbons (Fsp3) is 0.250. The lowest BCUT2D eigenvalue weighted by Gasteiger charge is -2.04. The average Bonchev–Trinajstić information content (AvgIpc) is 1.99. The lowest BCUT2D eigenvalue weighted by atomic mass is 10.1. The quantitative estimate of drug-likeness (QED) is 0.693. The molecule has 0 radical (unpaired) electrons. The van der Waals surface area contributed by atoms with E-state index in [-0.39, 0.29) is 12.4 Å². The zero-order valence-corrected chi connectivity index (χ0v) is 6.95. The molecule has 0 unspecified atom stereocenters. The maximum atomic E-state index is 12.9. The van der Waals surface area contributed by atoms with Crippen molar-refractivity contribution in [3.8, 4) is 0 Å². The molecule has 3 heteroatoms. The molecule has 0 aliphatic rings. The first kappa shape index (κ1) is 8.50. The Morgan fingerprint density at radius 1 is 1.55 bits per heavy atom. The molecule has 0 heterocycles. The van der Waals surface area contributed by atoms with E-state index in [4.69, 9.17) is 17.3 Å². The van der Waals surface area contributed by atoms with Crippen LogP contribution in [0.25, 0.3) is 0 Å². The zero-order chi connectivity index (χ0) is 8.43. The third kappa shape index (κ3) is 1.52. The van der Waals surface area contributed by atoms with Gasteiger partial charge in [-0.15, -0.1) is 0 Å². The molecule has 0 spiro atoms. The molecule has 2 N–H and O–H groups in total. The second kappa shape index (κ2) is 3.20. The van der Waals surface area contributed by atoms with Crippen LogP contribution in [-0.4, -0.2) is 0 Å². The van der Waals surface area contributed by atoms with E-state index in [9.17, 15) is 4.39 Å². The Labute approximate surface area is 70.0 Å². The van der Waals surface area contributed by atoms with Crippen molar-refractivity contribution in [1.29, 1.82) is 0 Å². The zero-order valence-electron chi connectivity index (χ0n) is 6.20. The van der Waals surface area contributed by atoms with Crippen molar-refractivity contribution in [3.63, 3.8) is 0 Å². The summed E-state index contributed by atoms with van der Waals surface area (Å²) in [5.41, 5.74) is 6.55. The molecular weight excluding hydrogens is 165 g/mol. The van der Waals surface area contributed by atoms with Crippen LogP contribution in [0.1, 0.15) is 11.1 Å². The van der Waals surface area contributed by atoms with Crippen molar-refractivity contribution in [2.75, 3.05) is 0 Å². The van der Waals surface area contributed by atoms with E-state index in [1.54, 1.807) is 6.07 Å². The predicted octanol–water partition coefficient (Wildman–Crippen LogP) is 2.25. The van der Waals surface area contributed by atoms with Gasteiger partial charge in [0, 0.05) is 12.1 Å². The first-order chi connectivity index (χ1) is 5.16. The smallest absolute Gasteiger partial charge is 0.129 e. The van der Waals surface area contributed by atoms with Crippen LogP contribution in [0, 0.1) is 12.7 Å². The molecule has 0 aromatic heterocycles. The second-order valence-corrected chi connectivity index (χ2v) is 2.74. The summed E-state index contributed by atoms with van der Waals surface area (Å²) in [6.45, 7) is 1.97. The third-order valence-electron chi connectivity index (χ3n) is 1.58. The average molecular weight is 174 g/mol. The van der Waals surface area contributed by atoms with Crippen molar-refractivity contribution >= 4 is 11.6 Å². The standard InChI is InChI=1S/C8H9ClFN/c1-5-2-3-7(10)6(4-11)8(5)9/h2-3H,4,11H2,1H3. The lowest BCUT2D eigenvalue weighted by Crippen LogP contribution is -2.01. The maximum absolute atomic E-state index is 12.9. The van der Waals surface area contributed by atoms with Gasteiger partial charge in [-0.25, -0.2) is 4.39 Å². The first-order valence-electron chi connectivity index (χ1n) is 3.30. The Kier molecular flexibility index (Phi) is 2.47. The van der Waals surface area contributed by atoms with Crippen LogP contribution in [-0.2, 0) is 6.54 Å². The van der Waals surface area contributed by atoms with E-state index >= 15 is 0 Å². The monoisotopic (exact) mass is 173 g/mol. The molecule has 1 aromatic rings. The number of benzene rings is 1. The highest BCUT2D eigenvalue weighted by Gasteiger charge is 2.06. The van der Waals surface area contributed by atoms with Gasteiger partial charge in [-0.3, -0.25) is 0 Å². The van der Waals surface area contributed by atoms with Gasteiger partial charge in [-0.05, 0) is 18.6 Å². The molecule has 0 amide bonds. The van der Waals surface area contributed by atoms with Crippen LogP contribution in [0.4, 0.5) is 4.39 Å². The summed E-state index contributed by atoms with van der Waals surface area (Å²) < 4.78 is 12.9. The van der Waals surface area contributed by atoms with Gasteiger partial charge < -0.3 is 5.73 Å². The number of rotatable bonds is 1. The summed E-state index contributed by atoms with van der Waals surface area (Å²) in [4.78, 5) is 0. The molecule has 0 bridgehead atoms. The minimum absolute atomic E-state index is 0.145. The van der Waals surface area contributed by atoms with Crippen molar-refractivity contribution in [2.45, 2.75) is 13.5 Å². The molecule has 0 atom stereocenters. The molecule has 0 aliphatic heterocycles. The van der Waals surface area contributed by atoms with E-state index in [1.807, 2.05) is 6.92 Å². The van der Waals surface area contributed by atoms with Crippen molar-refractivity contribution in [1.82, 2.24) is 0 Å². The molecule has 11 heavy (non-hydrogen) atoms. The number of hydrogen-bond acceptors (Lipinski definition) is 1. The van der Waals surface area contributed by atoms with E-state index < -0.39 is 0 Å². The van der Waals surface area contributed by atoms with E-state index in [1.165, 1.54) is 6.07 Å². The van der Waals surface area contributed by atoms with Gasteiger partial charge in [0.1, 0.15) is 5.82 Å². The van der Waals surface area contributed by atoms with Gasteiger partial charge in [-0.1, -0.05) is 17.7 Å². The number of aryl methyl sites for hydroxylation is 1. The predicted molar refractivity (Wildman–Crippen MR) is 44.0 cm³/mol. The summed E-state index contributed by atoms with van der Waals surface area (Å²) in [6, 6.07) is 3.01. The topological polar surface area (TPSA) is 26.0 Å². The summed E-state index contributed by atoms with van der Waals surface area (Å²) in [5, 5.41) is 0.438. The second-order valence-electron chi connectivity index (χ2n) is 2.36. The van der Waals surface area contributed by atoms with Gasteiger partial charge >= 0.3 is 0 Å². The van der Waals surface area contributed by atoms with Gasteiger partial charge in [-0.2, -0.15) is 0 Å². The molecule has 0 saturated heterocycles. The molecule has 1 nitrogen and oxygen atoms in total. The molecule has 0 saturated carbocycles. The lowest BCUT2D eigenvalue weighted by molar-refractivity contribution is 0.610. The highest BCUT2D eigenvalue weighted by molar-refractivity contribution is 6.32. The minimum atomic E-state index is -0.330. The van der Waals surface area contributed by atoms with Crippen LogP contribution in [0.3, 0.4) is 0 Å². The Bertz CT molecular complexity index is 273. The van der Waals surface area contributed by atoms with Crippen LogP contribution in [0.5, 0.6) is 0 Å². The number of hydrogen-bond donors (Lipinski definition) is 1. The first-order valence-corrected chi connectivity index (χ1v) is 3.68. The van der Waals surface area contributed by atoms with Crippen LogP contribution >= 0.6 is 11.6 Å². The SMILES string of the molecule is Cc1ccc(F)c(CN)c1Cl. The van der Waals surface area contributed by atoms with E-state index in [0.29, 0.717) is 10.6 Å². The number of nitrogens with two attached hydrogens (primary N) is 1. The summed E-state index contributed by atoms with van der Waals surface area (Å²) in [5.74, 6) is -0.330. The maximum Gasteiger partial charge on any atom is 0.129 e. The fourth-order valence-electron chi connectivity index (χ4n) is 0.902. The summed E-state index contributed by atoms with van der Waals surface area (Å²) in [7, 11) is 0. The summed E-state index contributed by atoms with van der Waals surface area (Å²) >= 11 is 5.78.